The van der Waals surface area contributed by atoms with Gasteiger partial charge >= 0.3 is 0 Å². The Kier molecular flexibility index (Phi) is 7.33. The van der Waals surface area contributed by atoms with E-state index >= 15 is 0 Å². The zero-order valence-electron chi connectivity index (χ0n) is 17.7. The lowest BCUT2D eigenvalue weighted by Gasteiger charge is -2.27. The van der Waals surface area contributed by atoms with Gasteiger partial charge in [0.05, 0.1) is 33.0 Å². The molecule has 0 N–H and O–H groups in total. The largest absolute Gasteiger partial charge is 0.382 e. The molecular formula is C19H34O9. The highest BCUT2D eigenvalue weighted by Gasteiger charge is 2.59. The van der Waals surface area contributed by atoms with Gasteiger partial charge < -0.3 is 42.6 Å². The first kappa shape index (κ1) is 22.3. The van der Waals surface area contributed by atoms with Crippen molar-refractivity contribution in [2.45, 2.75) is 83.2 Å². The van der Waals surface area contributed by atoms with Gasteiger partial charge in [-0.2, -0.15) is 0 Å². The van der Waals surface area contributed by atoms with Crippen molar-refractivity contribution in [1.29, 1.82) is 0 Å². The van der Waals surface area contributed by atoms with Crippen LogP contribution in [0.1, 0.15) is 34.6 Å². The maximum Gasteiger partial charge on any atom is 0.190 e. The van der Waals surface area contributed by atoms with Crippen LogP contribution in [-0.4, -0.2) is 88.7 Å². The first-order chi connectivity index (χ1) is 13.2. The third-order valence-corrected chi connectivity index (χ3v) is 4.78. The summed E-state index contributed by atoms with van der Waals surface area (Å²) in [5, 5.41) is 0. The third kappa shape index (κ3) is 5.62. The van der Waals surface area contributed by atoms with Crippen molar-refractivity contribution in [3.8, 4) is 0 Å². The molecule has 0 aromatic rings. The number of rotatable bonds is 10. The topological polar surface area (TPSA) is 83.1 Å². The van der Waals surface area contributed by atoms with E-state index in [9.17, 15) is 0 Å². The number of hydrogen-bond donors (Lipinski definition) is 0. The van der Waals surface area contributed by atoms with E-state index in [2.05, 4.69) is 0 Å². The third-order valence-electron chi connectivity index (χ3n) is 4.78. The minimum absolute atomic E-state index is 0.251. The van der Waals surface area contributed by atoms with Gasteiger partial charge in [-0.3, -0.25) is 0 Å². The van der Waals surface area contributed by atoms with Gasteiger partial charge in [0.2, 0.25) is 0 Å². The van der Waals surface area contributed by atoms with Crippen LogP contribution in [-0.2, 0) is 42.6 Å². The number of fused-ring (bicyclic) bond motifs is 1. The van der Waals surface area contributed by atoms with Crippen molar-refractivity contribution >= 4 is 0 Å². The zero-order valence-corrected chi connectivity index (χ0v) is 17.7. The van der Waals surface area contributed by atoms with Gasteiger partial charge in [-0.25, -0.2) is 0 Å². The molecule has 3 heterocycles. The minimum Gasteiger partial charge on any atom is -0.382 e. The van der Waals surface area contributed by atoms with Crippen LogP contribution in [0, 0.1) is 0 Å². The monoisotopic (exact) mass is 406 g/mol. The summed E-state index contributed by atoms with van der Waals surface area (Å²) in [5.74, 6) is -1.36. The molecule has 28 heavy (non-hydrogen) atoms. The Balaban J connectivity index is 1.51. The maximum absolute atomic E-state index is 6.12. The summed E-state index contributed by atoms with van der Waals surface area (Å²) in [7, 11) is 1.64. The lowest BCUT2D eigenvalue weighted by atomic mass is 10.1. The van der Waals surface area contributed by atoms with E-state index in [0.29, 0.717) is 33.0 Å². The standard InChI is InChI=1S/C19H34O9/c1-12(22-10-9-21-8-7-20-6)24-17-16-15(27-19(4,5)28-16)14(25-17)13-11-23-18(2,3)26-13/h12-17H,7-11H2,1-6H3/t12?,13?,14-,15+,16+,17?/m1/s1. The highest BCUT2D eigenvalue weighted by Crippen LogP contribution is 2.42. The molecule has 0 radical (unpaired) electrons. The van der Waals surface area contributed by atoms with Crippen molar-refractivity contribution in [3.05, 3.63) is 0 Å². The SMILES string of the molecule is COCCOCCOC(C)OC1O[C@H](C2COC(C)(C)O2)[C@@H]2OC(C)(C)O[C@H]12. The number of ether oxygens (including phenoxy) is 9. The highest BCUT2D eigenvalue weighted by molar-refractivity contribution is 4.99. The Labute approximate surface area is 166 Å². The average Bonchev–Trinajstić information content (AvgIpc) is 3.22. The van der Waals surface area contributed by atoms with E-state index in [0.717, 1.165) is 0 Å². The van der Waals surface area contributed by atoms with Gasteiger partial charge in [0, 0.05) is 7.11 Å². The summed E-state index contributed by atoms with van der Waals surface area (Å²) in [4.78, 5) is 0. The summed E-state index contributed by atoms with van der Waals surface area (Å²) in [5.41, 5.74) is 0. The quantitative estimate of drug-likeness (QED) is 0.395. The van der Waals surface area contributed by atoms with Crippen LogP contribution in [0.2, 0.25) is 0 Å². The van der Waals surface area contributed by atoms with Gasteiger partial charge in [-0.15, -0.1) is 0 Å². The Morgan fingerprint density at radius 1 is 0.893 bits per heavy atom. The maximum atomic E-state index is 6.12. The Morgan fingerprint density at radius 2 is 1.61 bits per heavy atom. The van der Waals surface area contributed by atoms with Crippen molar-refractivity contribution in [2.75, 3.05) is 40.1 Å². The van der Waals surface area contributed by atoms with Gasteiger partial charge in [0.25, 0.3) is 0 Å². The molecule has 3 rings (SSSR count). The van der Waals surface area contributed by atoms with Crippen LogP contribution >= 0.6 is 0 Å². The molecule has 0 aromatic carbocycles. The van der Waals surface area contributed by atoms with E-state index < -0.39 is 24.2 Å². The van der Waals surface area contributed by atoms with Crippen LogP contribution in [0.5, 0.6) is 0 Å². The molecule has 0 aliphatic carbocycles. The second kappa shape index (κ2) is 9.20. The van der Waals surface area contributed by atoms with E-state index in [1.807, 2.05) is 34.6 Å². The fourth-order valence-electron chi connectivity index (χ4n) is 3.62. The lowest BCUT2D eigenvalue weighted by molar-refractivity contribution is -0.286. The molecule has 0 amide bonds. The molecule has 0 saturated carbocycles. The van der Waals surface area contributed by atoms with Crippen molar-refractivity contribution in [3.63, 3.8) is 0 Å². The Morgan fingerprint density at radius 3 is 2.29 bits per heavy atom. The van der Waals surface area contributed by atoms with Crippen LogP contribution < -0.4 is 0 Å². The van der Waals surface area contributed by atoms with Gasteiger partial charge in [0.15, 0.2) is 24.2 Å². The molecule has 164 valence electrons. The van der Waals surface area contributed by atoms with Crippen LogP contribution in [0.4, 0.5) is 0 Å². The van der Waals surface area contributed by atoms with Gasteiger partial charge in [-0.05, 0) is 34.6 Å². The second-order valence-electron chi connectivity index (χ2n) is 8.08. The molecule has 0 spiro atoms. The Hall–Kier alpha value is -0.360. The number of hydrogen-bond acceptors (Lipinski definition) is 9. The molecule has 0 aromatic heterocycles. The molecule has 3 unspecified atom stereocenters. The smallest absolute Gasteiger partial charge is 0.190 e. The molecule has 3 aliphatic heterocycles. The predicted molar refractivity (Wildman–Crippen MR) is 96.6 cm³/mol. The molecule has 9 heteroatoms. The average molecular weight is 406 g/mol. The second-order valence-corrected chi connectivity index (χ2v) is 8.08. The lowest BCUT2D eigenvalue weighted by Crippen LogP contribution is -2.40. The molecule has 6 atom stereocenters. The normalized spacial score (nSPS) is 37.3. The summed E-state index contributed by atoms with van der Waals surface area (Å²) in [6.07, 6.45) is -2.36. The van der Waals surface area contributed by atoms with E-state index in [4.69, 9.17) is 42.6 Å². The fraction of sp³-hybridized carbons (Fsp3) is 1.00. The summed E-state index contributed by atoms with van der Waals surface area (Å²) in [6.45, 7) is 11.7. The van der Waals surface area contributed by atoms with Gasteiger partial charge in [-0.1, -0.05) is 0 Å². The van der Waals surface area contributed by atoms with Crippen LogP contribution in [0.3, 0.4) is 0 Å². The number of methoxy groups -OCH3 is 1. The molecule has 0 bridgehead atoms. The molecule has 3 saturated heterocycles. The summed E-state index contributed by atoms with van der Waals surface area (Å²) >= 11 is 0. The molecule has 3 fully saturated rings. The summed E-state index contributed by atoms with van der Waals surface area (Å²) < 4.78 is 51.8. The fourth-order valence-corrected chi connectivity index (χ4v) is 3.62. The van der Waals surface area contributed by atoms with Crippen molar-refractivity contribution in [1.82, 2.24) is 0 Å². The van der Waals surface area contributed by atoms with E-state index in [1.54, 1.807) is 7.11 Å². The molecular weight excluding hydrogens is 372 g/mol. The predicted octanol–water partition coefficient (Wildman–Crippen LogP) is 1.43. The van der Waals surface area contributed by atoms with Gasteiger partial charge in [0.1, 0.15) is 24.4 Å². The Bertz CT molecular complexity index is 498. The molecule has 9 nitrogen and oxygen atoms in total. The zero-order chi connectivity index (χ0) is 20.4. The van der Waals surface area contributed by atoms with Crippen molar-refractivity contribution < 1.29 is 42.6 Å². The van der Waals surface area contributed by atoms with Crippen molar-refractivity contribution in [2.24, 2.45) is 0 Å². The summed E-state index contributed by atoms with van der Waals surface area (Å²) in [6, 6.07) is 0. The molecule has 3 aliphatic rings. The first-order valence-electron chi connectivity index (χ1n) is 9.87. The van der Waals surface area contributed by atoms with E-state index in [1.165, 1.54) is 0 Å². The first-order valence-corrected chi connectivity index (χ1v) is 9.87. The highest BCUT2D eigenvalue weighted by atomic mass is 16.8. The van der Waals surface area contributed by atoms with Crippen LogP contribution in [0.15, 0.2) is 0 Å². The van der Waals surface area contributed by atoms with Crippen LogP contribution in [0.25, 0.3) is 0 Å². The van der Waals surface area contributed by atoms with E-state index in [-0.39, 0.29) is 24.4 Å². The minimum atomic E-state index is -0.715.